The van der Waals surface area contributed by atoms with E-state index in [9.17, 15) is 0 Å². The molecule has 6 heteroatoms. The topological polar surface area (TPSA) is 60.8 Å². The van der Waals surface area contributed by atoms with E-state index in [0.717, 1.165) is 67.9 Å². The van der Waals surface area contributed by atoms with Crippen LogP contribution >= 0.6 is 0 Å². The first-order valence-electron chi connectivity index (χ1n) is 17.5. The molecule has 4 aromatic carbocycles. The first-order valence-corrected chi connectivity index (χ1v) is 17.5. The predicted octanol–water partition coefficient (Wildman–Crippen LogP) is 11.8. The summed E-state index contributed by atoms with van der Waals surface area (Å²) in [5.74, 6) is 1.16. The maximum Gasteiger partial charge on any atom is 2.00 e. The molecule has 0 saturated heterocycles. The van der Waals surface area contributed by atoms with Crippen molar-refractivity contribution in [3.8, 4) is 34.0 Å². The Morgan fingerprint density at radius 1 is 0.462 bits per heavy atom. The van der Waals surface area contributed by atoms with Gasteiger partial charge in [0, 0.05) is 57.8 Å². The Balaban J connectivity index is 0.00000420. The third-order valence-electron chi connectivity index (χ3n) is 9.19. The number of hydrogen-bond acceptors (Lipinski definition) is 5. The number of rotatable bonds is 6. The molecule has 4 heterocycles. The third-order valence-corrected chi connectivity index (χ3v) is 9.19. The van der Waals surface area contributed by atoms with Crippen molar-refractivity contribution in [2.75, 3.05) is 0 Å². The number of ether oxygens (including phenoxy) is 1. The van der Waals surface area contributed by atoms with Gasteiger partial charge < -0.3 is 14.7 Å². The van der Waals surface area contributed by atoms with Crippen molar-refractivity contribution >= 4 is 43.4 Å². The average molecular weight is 860 g/mol. The summed E-state index contributed by atoms with van der Waals surface area (Å²) in [5, 5.41) is 6.58. The SMILES string of the molecule is CC(C)(C)Cc1ccnc2c1ccc1c(-c3[c-]c(Oc4[c-]c(-c5nccc6c5ccc5c(CC(C)(C)C)ccnc56)ccc4)ccc3)nccc12.[Pt+2]. The van der Waals surface area contributed by atoms with Gasteiger partial charge in [0.05, 0.1) is 11.0 Å². The van der Waals surface area contributed by atoms with Gasteiger partial charge in [-0.3, -0.25) is 9.97 Å². The standard InChI is InChI=1S/C46H40N4O.Pt/c1-45(2,3)27-31-17-21-49-43-35(31)13-15-37-39(43)19-23-47-41(37)29-9-7-11-33(25-29)51-34-12-8-10-30(26-34)42-38-16-14-36-32(28-46(4,5)6)18-22-50-44(36)40(38)20-24-48-42;/h7-24H,27-28H2,1-6H3;/q-2;+2. The summed E-state index contributed by atoms with van der Waals surface area (Å²) >= 11 is 0. The van der Waals surface area contributed by atoms with E-state index in [1.165, 1.54) is 21.9 Å². The molecule has 5 nitrogen and oxygen atoms in total. The van der Waals surface area contributed by atoms with Crippen LogP contribution in [-0.2, 0) is 33.9 Å². The molecule has 0 aliphatic heterocycles. The maximum absolute atomic E-state index is 6.40. The van der Waals surface area contributed by atoms with Crippen LogP contribution in [0.15, 0.2) is 110 Å². The Hall–Kier alpha value is -4.99. The molecule has 0 spiro atoms. The van der Waals surface area contributed by atoms with Crippen LogP contribution in [0.3, 0.4) is 0 Å². The van der Waals surface area contributed by atoms with Gasteiger partial charge in [0.1, 0.15) is 0 Å². The Morgan fingerprint density at radius 3 is 1.29 bits per heavy atom. The van der Waals surface area contributed by atoms with E-state index >= 15 is 0 Å². The first kappa shape index (κ1) is 35.4. The molecule has 0 aliphatic carbocycles. The van der Waals surface area contributed by atoms with Gasteiger partial charge in [0.25, 0.3) is 0 Å². The third kappa shape index (κ3) is 7.07. The second-order valence-electron chi connectivity index (χ2n) is 15.8. The smallest absolute Gasteiger partial charge is 0.497 e. The summed E-state index contributed by atoms with van der Waals surface area (Å²) in [6, 6.07) is 35.8. The summed E-state index contributed by atoms with van der Waals surface area (Å²) in [7, 11) is 0. The molecule has 0 N–H and O–H groups in total. The fraction of sp³-hybridized carbons (Fsp3) is 0.217. The molecule has 8 rings (SSSR count). The molecular weight excluding hydrogens is 820 g/mol. The van der Waals surface area contributed by atoms with Crippen LogP contribution in [0.4, 0.5) is 0 Å². The molecule has 260 valence electrons. The van der Waals surface area contributed by atoms with Crippen LogP contribution in [0.5, 0.6) is 11.5 Å². The Bertz CT molecular complexity index is 2420. The van der Waals surface area contributed by atoms with Crippen molar-refractivity contribution in [2.45, 2.75) is 54.4 Å². The largest absolute Gasteiger partial charge is 2.00 e. The molecular formula is C46H40N4OPt. The molecule has 0 fully saturated rings. The summed E-state index contributed by atoms with van der Waals surface area (Å²) in [5.41, 5.74) is 8.32. The molecule has 0 atom stereocenters. The van der Waals surface area contributed by atoms with Crippen molar-refractivity contribution in [2.24, 2.45) is 10.8 Å². The van der Waals surface area contributed by atoms with Crippen LogP contribution in [0.1, 0.15) is 52.7 Å². The van der Waals surface area contributed by atoms with Crippen molar-refractivity contribution in [3.05, 3.63) is 133 Å². The van der Waals surface area contributed by atoms with E-state index < -0.39 is 0 Å². The maximum atomic E-state index is 6.40. The first-order chi connectivity index (χ1) is 24.5. The second-order valence-corrected chi connectivity index (χ2v) is 15.8. The summed E-state index contributed by atoms with van der Waals surface area (Å²) in [6.45, 7) is 13.6. The fourth-order valence-corrected chi connectivity index (χ4v) is 7.15. The van der Waals surface area contributed by atoms with E-state index in [-0.39, 0.29) is 31.9 Å². The number of pyridine rings is 4. The molecule has 0 aliphatic rings. The minimum Gasteiger partial charge on any atom is -0.497 e. The van der Waals surface area contributed by atoms with Gasteiger partial charge >= 0.3 is 21.1 Å². The zero-order chi connectivity index (χ0) is 35.3. The van der Waals surface area contributed by atoms with Crippen molar-refractivity contribution in [1.82, 2.24) is 19.9 Å². The fourth-order valence-electron chi connectivity index (χ4n) is 7.15. The monoisotopic (exact) mass is 859 g/mol. The van der Waals surface area contributed by atoms with Crippen LogP contribution in [0, 0.1) is 23.0 Å². The predicted molar refractivity (Wildman–Crippen MR) is 209 cm³/mol. The summed E-state index contributed by atoms with van der Waals surface area (Å²) in [4.78, 5) is 19.2. The number of hydrogen-bond donors (Lipinski definition) is 0. The van der Waals surface area contributed by atoms with Gasteiger partial charge in [-0.05, 0) is 81.2 Å². The molecule has 52 heavy (non-hydrogen) atoms. The van der Waals surface area contributed by atoms with Crippen molar-refractivity contribution in [3.63, 3.8) is 0 Å². The van der Waals surface area contributed by atoms with Gasteiger partial charge in [-0.15, -0.1) is 47.5 Å². The Labute approximate surface area is 319 Å². The summed E-state index contributed by atoms with van der Waals surface area (Å²) in [6.07, 6.45) is 9.51. The molecule has 4 aromatic heterocycles. The van der Waals surface area contributed by atoms with Gasteiger partial charge in [0.15, 0.2) is 0 Å². The molecule has 8 aromatic rings. The Morgan fingerprint density at radius 2 is 0.865 bits per heavy atom. The molecule has 0 amide bonds. The van der Waals surface area contributed by atoms with Crippen molar-refractivity contribution < 1.29 is 25.8 Å². The Kier molecular flexibility index (Phi) is 9.44. The number of nitrogens with zero attached hydrogens (tertiary/aromatic N) is 4. The van der Waals surface area contributed by atoms with E-state index in [0.29, 0.717) is 11.5 Å². The van der Waals surface area contributed by atoms with Gasteiger partial charge in [-0.1, -0.05) is 77.9 Å². The average Bonchev–Trinajstić information content (AvgIpc) is 3.10. The normalized spacial score (nSPS) is 12.0. The minimum absolute atomic E-state index is 0. The van der Waals surface area contributed by atoms with E-state index in [2.05, 4.69) is 102 Å². The van der Waals surface area contributed by atoms with Gasteiger partial charge in [-0.25, -0.2) is 0 Å². The van der Waals surface area contributed by atoms with Gasteiger partial charge in [-0.2, -0.15) is 0 Å². The summed E-state index contributed by atoms with van der Waals surface area (Å²) < 4.78 is 6.40. The number of aromatic nitrogens is 4. The zero-order valence-corrected chi connectivity index (χ0v) is 32.6. The van der Waals surface area contributed by atoms with Crippen LogP contribution in [0.25, 0.3) is 65.9 Å². The molecule has 0 saturated carbocycles. The van der Waals surface area contributed by atoms with E-state index in [4.69, 9.17) is 24.7 Å². The van der Waals surface area contributed by atoms with E-state index in [1.54, 1.807) is 0 Å². The minimum atomic E-state index is 0. The van der Waals surface area contributed by atoms with Crippen molar-refractivity contribution in [1.29, 1.82) is 0 Å². The van der Waals surface area contributed by atoms with Crippen LogP contribution in [-0.4, -0.2) is 19.9 Å². The van der Waals surface area contributed by atoms with Gasteiger partial charge in [0.2, 0.25) is 0 Å². The van der Waals surface area contributed by atoms with E-state index in [1.807, 2.05) is 61.2 Å². The van der Waals surface area contributed by atoms with Crippen LogP contribution < -0.4 is 4.74 Å². The number of benzene rings is 4. The number of fused-ring (bicyclic) bond motifs is 6. The molecule has 0 bridgehead atoms. The second kappa shape index (κ2) is 13.9. The molecule has 0 radical (unpaired) electrons. The molecule has 0 unspecified atom stereocenters. The zero-order valence-electron chi connectivity index (χ0n) is 30.3. The quantitative estimate of drug-likeness (QED) is 0.123. The van der Waals surface area contributed by atoms with Crippen LogP contribution in [0.2, 0.25) is 0 Å².